The molecular weight excluding hydrogens is 529 g/mol. The molecule has 0 spiro atoms. The maximum absolute atomic E-state index is 13.3. The third kappa shape index (κ3) is 5.56. The molecule has 0 saturated carbocycles. The van der Waals surface area contributed by atoms with E-state index in [1.54, 1.807) is 66.7 Å². The molecule has 2 aromatic heterocycles. The van der Waals surface area contributed by atoms with Gasteiger partial charge in [0.2, 0.25) is 5.91 Å². The lowest BCUT2D eigenvalue weighted by molar-refractivity contribution is -0.116. The minimum absolute atomic E-state index is 0.0501. The molecule has 5 rings (SSSR count). The Balaban J connectivity index is 1.36. The van der Waals surface area contributed by atoms with Crippen LogP contribution in [0.1, 0.15) is 15.9 Å². The van der Waals surface area contributed by atoms with Gasteiger partial charge in [-0.25, -0.2) is 0 Å². The number of rotatable bonds is 9. The van der Waals surface area contributed by atoms with Gasteiger partial charge < -0.3 is 15.2 Å². The number of carbonyl (C=O) groups excluding carboxylic acids is 2. The van der Waals surface area contributed by atoms with Crippen molar-refractivity contribution in [3.63, 3.8) is 0 Å². The Morgan fingerprint density at radius 2 is 1.89 bits per heavy atom. The molecule has 190 valence electrons. The Hall–Kier alpha value is -4.54. The maximum Gasteiger partial charge on any atom is 0.244 e. The molecule has 0 bridgehead atoms. The Morgan fingerprint density at radius 3 is 2.68 bits per heavy atom. The zero-order chi connectivity index (χ0) is 26.5. The summed E-state index contributed by atoms with van der Waals surface area (Å²) >= 11 is 12.3. The average molecular weight is 548 g/mol. The zero-order valence-corrected chi connectivity index (χ0v) is 21.1. The van der Waals surface area contributed by atoms with E-state index in [1.165, 1.54) is 17.1 Å². The highest BCUT2D eigenvalue weighted by Gasteiger charge is 2.22. The van der Waals surface area contributed by atoms with Gasteiger partial charge in [0, 0.05) is 28.8 Å². The number of para-hydroxylation sites is 1. The van der Waals surface area contributed by atoms with Crippen LogP contribution >= 0.6 is 23.2 Å². The number of anilines is 1. The number of halogens is 2. The van der Waals surface area contributed by atoms with E-state index in [0.717, 1.165) is 0 Å². The van der Waals surface area contributed by atoms with Crippen LogP contribution in [0.2, 0.25) is 10.0 Å². The highest BCUT2D eigenvalue weighted by atomic mass is 35.5. The zero-order valence-electron chi connectivity index (χ0n) is 19.6. The number of hydrogen-bond donors (Lipinski definition) is 2. The highest BCUT2D eigenvalue weighted by Crippen LogP contribution is 2.28. The second-order valence-corrected chi connectivity index (χ2v) is 8.95. The lowest BCUT2D eigenvalue weighted by Gasteiger charge is -2.17. The first-order valence-electron chi connectivity index (χ1n) is 11.4. The number of aromatic nitrogens is 5. The molecule has 2 N–H and O–H groups in total. The number of tetrazole rings is 1. The SMILES string of the molecule is O=C(/C=C/c1cc(Cl)ccc1-n1cnnn1)NC(CNc1noc2c(Cl)cccc12)C(=O)c1ccccc1. The minimum atomic E-state index is -0.918. The lowest BCUT2D eigenvalue weighted by Crippen LogP contribution is -2.44. The number of fused-ring (bicyclic) bond motifs is 1. The normalized spacial score (nSPS) is 12.1. The molecule has 1 atom stereocenters. The van der Waals surface area contributed by atoms with E-state index in [-0.39, 0.29) is 12.3 Å². The number of benzene rings is 3. The molecule has 0 aliphatic heterocycles. The summed E-state index contributed by atoms with van der Waals surface area (Å²) in [7, 11) is 0. The van der Waals surface area contributed by atoms with Gasteiger partial charge in [0.05, 0.1) is 16.1 Å². The van der Waals surface area contributed by atoms with Gasteiger partial charge in [-0.1, -0.05) is 64.8 Å². The summed E-state index contributed by atoms with van der Waals surface area (Å²) in [6.07, 6.45) is 4.32. The quantitative estimate of drug-likeness (QED) is 0.202. The predicted molar refractivity (Wildman–Crippen MR) is 143 cm³/mol. The van der Waals surface area contributed by atoms with Gasteiger partial charge in [-0.15, -0.1) is 5.10 Å². The molecule has 0 aliphatic rings. The molecule has 38 heavy (non-hydrogen) atoms. The first-order chi connectivity index (χ1) is 18.5. The van der Waals surface area contributed by atoms with E-state index in [1.807, 2.05) is 6.07 Å². The first kappa shape index (κ1) is 25.1. The largest absolute Gasteiger partial charge is 0.364 e. The summed E-state index contributed by atoms with van der Waals surface area (Å²) in [5.74, 6) is -0.359. The predicted octanol–water partition coefficient (Wildman–Crippen LogP) is 4.60. The first-order valence-corrected chi connectivity index (χ1v) is 12.1. The third-order valence-corrected chi connectivity index (χ3v) is 6.15. The van der Waals surface area contributed by atoms with Crippen LogP contribution in [-0.2, 0) is 4.79 Å². The Bertz CT molecular complexity index is 1620. The summed E-state index contributed by atoms with van der Waals surface area (Å²) in [6.45, 7) is 0.0501. The second-order valence-electron chi connectivity index (χ2n) is 8.11. The van der Waals surface area contributed by atoms with E-state index in [0.29, 0.717) is 43.6 Å². The van der Waals surface area contributed by atoms with E-state index in [4.69, 9.17) is 27.7 Å². The van der Waals surface area contributed by atoms with Crippen molar-refractivity contribution < 1.29 is 14.1 Å². The third-order valence-electron chi connectivity index (χ3n) is 5.61. The van der Waals surface area contributed by atoms with Crippen LogP contribution in [0.25, 0.3) is 22.7 Å². The topological polar surface area (TPSA) is 128 Å². The van der Waals surface area contributed by atoms with Gasteiger partial charge in [0.15, 0.2) is 17.2 Å². The van der Waals surface area contributed by atoms with Gasteiger partial charge in [-0.3, -0.25) is 9.59 Å². The summed E-state index contributed by atoms with van der Waals surface area (Å²) in [5, 5.41) is 22.6. The smallest absolute Gasteiger partial charge is 0.244 e. The van der Waals surface area contributed by atoms with Crippen molar-refractivity contribution in [1.29, 1.82) is 0 Å². The number of nitrogens with zero attached hydrogens (tertiary/aromatic N) is 5. The van der Waals surface area contributed by atoms with Crippen molar-refractivity contribution >= 4 is 57.8 Å². The van der Waals surface area contributed by atoms with Gasteiger partial charge in [0.1, 0.15) is 12.4 Å². The van der Waals surface area contributed by atoms with Crippen LogP contribution in [0.5, 0.6) is 0 Å². The van der Waals surface area contributed by atoms with Crippen molar-refractivity contribution in [1.82, 2.24) is 30.7 Å². The molecule has 0 aliphatic carbocycles. The fourth-order valence-electron chi connectivity index (χ4n) is 3.79. The van der Waals surface area contributed by atoms with Gasteiger partial charge in [-0.05, 0) is 46.8 Å². The summed E-state index contributed by atoms with van der Waals surface area (Å²) < 4.78 is 6.78. The highest BCUT2D eigenvalue weighted by molar-refractivity contribution is 6.35. The number of ketones is 1. The molecule has 2 heterocycles. The van der Waals surface area contributed by atoms with Crippen molar-refractivity contribution in [2.75, 3.05) is 11.9 Å². The van der Waals surface area contributed by atoms with Gasteiger partial charge in [-0.2, -0.15) is 4.68 Å². The fraction of sp³-hybridized carbons (Fsp3) is 0.0769. The van der Waals surface area contributed by atoms with E-state index in [9.17, 15) is 9.59 Å². The number of amides is 1. The maximum atomic E-state index is 13.3. The minimum Gasteiger partial charge on any atom is -0.364 e. The Kier molecular flexibility index (Phi) is 7.43. The molecule has 5 aromatic rings. The van der Waals surface area contributed by atoms with E-state index in [2.05, 4.69) is 31.3 Å². The van der Waals surface area contributed by atoms with Crippen LogP contribution < -0.4 is 10.6 Å². The van der Waals surface area contributed by atoms with Crippen LogP contribution in [0.4, 0.5) is 5.82 Å². The van der Waals surface area contributed by atoms with Crippen molar-refractivity contribution in [3.05, 3.63) is 100 Å². The molecule has 0 saturated heterocycles. The molecule has 0 fully saturated rings. The van der Waals surface area contributed by atoms with E-state index < -0.39 is 11.9 Å². The lowest BCUT2D eigenvalue weighted by atomic mass is 10.0. The molecule has 1 unspecified atom stereocenters. The average Bonchev–Trinajstić information content (AvgIpc) is 3.61. The van der Waals surface area contributed by atoms with Crippen molar-refractivity contribution in [2.45, 2.75) is 6.04 Å². The van der Waals surface area contributed by atoms with Crippen molar-refractivity contribution in [3.8, 4) is 5.69 Å². The number of carbonyl (C=O) groups is 2. The summed E-state index contributed by atoms with van der Waals surface area (Å²) in [6, 6.07) is 18.1. The molecule has 0 radical (unpaired) electrons. The Labute approximate surface area is 226 Å². The van der Waals surface area contributed by atoms with Gasteiger partial charge >= 0.3 is 0 Å². The Morgan fingerprint density at radius 1 is 1.05 bits per heavy atom. The summed E-state index contributed by atoms with van der Waals surface area (Å²) in [5.41, 5.74) is 2.11. The number of hydrogen-bond acceptors (Lipinski definition) is 8. The van der Waals surface area contributed by atoms with Gasteiger partial charge in [0.25, 0.3) is 0 Å². The fourth-order valence-corrected chi connectivity index (χ4v) is 4.18. The van der Waals surface area contributed by atoms with Crippen LogP contribution in [0, 0.1) is 0 Å². The van der Waals surface area contributed by atoms with E-state index >= 15 is 0 Å². The molecule has 3 aromatic carbocycles. The summed E-state index contributed by atoms with van der Waals surface area (Å²) in [4.78, 5) is 26.3. The second kappa shape index (κ2) is 11.2. The monoisotopic (exact) mass is 547 g/mol. The van der Waals surface area contributed by atoms with Crippen LogP contribution in [0.3, 0.4) is 0 Å². The molecule has 12 heteroatoms. The van der Waals surface area contributed by atoms with Crippen LogP contribution in [-0.4, -0.2) is 49.6 Å². The molecule has 10 nitrogen and oxygen atoms in total. The molecular formula is C26H19Cl2N7O3. The van der Waals surface area contributed by atoms with Crippen LogP contribution in [0.15, 0.2) is 83.7 Å². The number of nitrogens with one attached hydrogen (secondary N) is 2. The molecule has 1 amide bonds. The number of Topliss-reactive ketones (excluding diaryl/α,β-unsaturated/α-hetero) is 1. The van der Waals surface area contributed by atoms with Crippen molar-refractivity contribution in [2.24, 2.45) is 0 Å². The standard InChI is InChI=1S/C26H19Cl2N7O3/c27-18-10-11-22(35-15-30-33-34-35)17(13-18)9-12-23(36)31-21(24(37)16-5-2-1-3-6-16)14-29-26-19-7-4-8-20(28)25(19)38-32-26/h1-13,15,21H,14H2,(H,29,32)(H,31,36)/b12-9+.